The molecule has 8 heteroatoms. The van der Waals surface area contributed by atoms with E-state index in [4.69, 9.17) is 9.47 Å². The lowest BCUT2D eigenvalue weighted by molar-refractivity contribution is -0.146. The second-order valence-electron chi connectivity index (χ2n) is 8.70. The van der Waals surface area contributed by atoms with Gasteiger partial charge in [0.25, 0.3) is 5.91 Å². The summed E-state index contributed by atoms with van der Waals surface area (Å²) in [5, 5.41) is 5.50. The van der Waals surface area contributed by atoms with Gasteiger partial charge in [0.15, 0.2) is 0 Å². The van der Waals surface area contributed by atoms with E-state index in [2.05, 4.69) is 10.6 Å². The summed E-state index contributed by atoms with van der Waals surface area (Å²) in [4.78, 5) is 40.8. The number of fused-ring (bicyclic) bond motifs is 1. The summed E-state index contributed by atoms with van der Waals surface area (Å²) in [6.45, 7) is 3.20. The molecule has 1 unspecified atom stereocenters. The van der Waals surface area contributed by atoms with E-state index >= 15 is 0 Å². The number of nitrogens with zero attached hydrogens (tertiary/aromatic N) is 1. The summed E-state index contributed by atoms with van der Waals surface area (Å²) in [5.41, 5.74) is 3.39. The van der Waals surface area contributed by atoms with Crippen molar-refractivity contribution in [2.24, 2.45) is 0 Å². The maximum atomic E-state index is 13.8. The first kappa shape index (κ1) is 25.5. The summed E-state index contributed by atoms with van der Waals surface area (Å²) in [7, 11) is 1.51. The van der Waals surface area contributed by atoms with E-state index in [9.17, 15) is 14.4 Å². The summed E-state index contributed by atoms with van der Waals surface area (Å²) in [5.74, 6) is -0.524. The van der Waals surface area contributed by atoms with Gasteiger partial charge in [-0.15, -0.1) is 0 Å². The zero-order chi connectivity index (χ0) is 26.4. The van der Waals surface area contributed by atoms with Crippen LogP contribution in [0.4, 0.5) is 16.2 Å². The topological polar surface area (TPSA) is 97.0 Å². The first-order chi connectivity index (χ1) is 17.9. The molecule has 0 saturated carbocycles. The minimum Gasteiger partial charge on any atom is -0.495 e. The third-order valence-electron chi connectivity index (χ3n) is 5.73. The number of esters is 1. The summed E-state index contributed by atoms with van der Waals surface area (Å²) < 4.78 is 10.6. The van der Waals surface area contributed by atoms with Crippen LogP contribution in [0, 0.1) is 0 Å². The smallest absolute Gasteiger partial charge is 0.326 e. The molecule has 0 radical (unpaired) electrons. The number of para-hydroxylation sites is 3. The van der Waals surface area contributed by atoms with Gasteiger partial charge in [0.2, 0.25) is 0 Å². The van der Waals surface area contributed by atoms with Crippen LogP contribution in [-0.4, -0.2) is 43.7 Å². The Labute approximate surface area is 215 Å². The minimum absolute atomic E-state index is 0.295. The molecule has 1 heterocycles. The number of carbonyl (C=O) groups is 3. The van der Waals surface area contributed by atoms with Gasteiger partial charge in [-0.2, -0.15) is 0 Å². The van der Waals surface area contributed by atoms with Gasteiger partial charge in [-0.25, -0.2) is 4.79 Å². The fraction of sp³-hybridized carbons (Fsp3) is 0.207. The monoisotopic (exact) mass is 499 g/mol. The van der Waals surface area contributed by atoms with Gasteiger partial charge in [-0.05, 0) is 49.3 Å². The highest BCUT2D eigenvalue weighted by atomic mass is 16.5. The van der Waals surface area contributed by atoms with Gasteiger partial charge in [-0.1, -0.05) is 60.7 Å². The largest absolute Gasteiger partial charge is 0.495 e. The molecule has 0 saturated heterocycles. The standard InChI is InChI=1S/C29H29N3O5/c1-19(2)37-27(33)18-32-25-15-9-7-13-21(25)22(20-11-5-4-6-12-20)17-24(28(32)34)31-29(35)30-23-14-8-10-16-26(23)36-3/h4-17,19,24H,18H2,1-3H3,(H2,30,31,35). The Morgan fingerprint density at radius 3 is 2.35 bits per heavy atom. The number of hydrogen-bond donors (Lipinski definition) is 2. The zero-order valence-electron chi connectivity index (χ0n) is 20.9. The summed E-state index contributed by atoms with van der Waals surface area (Å²) in [6.07, 6.45) is 1.38. The van der Waals surface area contributed by atoms with Crippen molar-refractivity contribution in [1.29, 1.82) is 0 Å². The van der Waals surface area contributed by atoms with Crippen molar-refractivity contribution in [1.82, 2.24) is 5.32 Å². The molecule has 3 amide bonds. The van der Waals surface area contributed by atoms with Crippen LogP contribution in [0.25, 0.3) is 5.57 Å². The molecular weight excluding hydrogens is 470 g/mol. The second-order valence-corrected chi connectivity index (χ2v) is 8.70. The second kappa shape index (κ2) is 11.4. The summed E-state index contributed by atoms with van der Waals surface area (Å²) >= 11 is 0. The van der Waals surface area contributed by atoms with Crippen molar-refractivity contribution < 1.29 is 23.9 Å². The molecule has 1 aliphatic rings. The molecular formula is C29H29N3O5. The van der Waals surface area contributed by atoms with Crippen molar-refractivity contribution in [2.75, 3.05) is 23.9 Å². The van der Waals surface area contributed by atoms with Crippen LogP contribution in [-0.2, 0) is 14.3 Å². The Balaban J connectivity index is 1.73. The fourth-order valence-corrected chi connectivity index (χ4v) is 4.16. The molecule has 2 N–H and O–H groups in total. The van der Waals surface area contributed by atoms with Crippen LogP contribution in [0.3, 0.4) is 0 Å². The number of anilines is 2. The molecule has 3 aromatic carbocycles. The van der Waals surface area contributed by atoms with Crippen molar-refractivity contribution in [3.63, 3.8) is 0 Å². The molecule has 0 bridgehead atoms. The van der Waals surface area contributed by atoms with Crippen molar-refractivity contribution >= 4 is 34.9 Å². The van der Waals surface area contributed by atoms with E-state index < -0.39 is 23.9 Å². The lowest BCUT2D eigenvalue weighted by atomic mass is 9.95. The average Bonchev–Trinajstić information content (AvgIpc) is 3.00. The molecule has 0 spiro atoms. The van der Waals surface area contributed by atoms with Crippen LogP contribution in [0.1, 0.15) is 25.0 Å². The molecule has 3 aromatic rings. The van der Waals surface area contributed by atoms with Crippen LogP contribution >= 0.6 is 0 Å². The van der Waals surface area contributed by atoms with Gasteiger partial charge in [0.05, 0.1) is 24.6 Å². The van der Waals surface area contributed by atoms with Crippen LogP contribution in [0.5, 0.6) is 5.75 Å². The number of ether oxygens (including phenoxy) is 2. The predicted molar refractivity (Wildman–Crippen MR) is 142 cm³/mol. The first-order valence-corrected chi connectivity index (χ1v) is 12.0. The number of amides is 3. The SMILES string of the molecule is COc1ccccc1NC(=O)NC1C=C(c2ccccc2)c2ccccc2N(CC(=O)OC(C)C)C1=O. The van der Waals surface area contributed by atoms with E-state index in [-0.39, 0.29) is 12.6 Å². The zero-order valence-corrected chi connectivity index (χ0v) is 20.9. The Kier molecular flexibility index (Phi) is 7.88. The lowest BCUT2D eigenvalue weighted by Gasteiger charge is -2.26. The van der Waals surface area contributed by atoms with E-state index in [1.165, 1.54) is 12.0 Å². The number of methoxy groups -OCH3 is 1. The molecule has 37 heavy (non-hydrogen) atoms. The van der Waals surface area contributed by atoms with E-state index in [1.807, 2.05) is 42.5 Å². The number of benzene rings is 3. The number of nitrogens with one attached hydrogen (secondary N) is 2. The molecule has 0 aromatic heterocycles. The Morgan fingerprint density at radius 1 is 0.946 bits per heavy atom. The molecule has 1 atom stereocenters. The van der Waals surface area contributed by atoms with Gasteiger partial charge >= 0.3 is 12.0 Å². The molecule has 1 aliphatic heterocycles. The van der Waals surface area contributed by atoms with Gasteiger partial charge in [-0.3, -0.25) is 14.5 Å². The van der Waals surface area contributed by atoms with Crippen molar-refractivity contribution in [3.8, 4) is 5.75 Å². The quantitative estimate of drug-likeness (QED) is 0.463. The van der Waals surface area contributed by atoms with Crippen LogP contribution in [0.2, 0.25) is 0 Å². The Morgan fingerprint density at radius 2 is 1.62 bits per heavy atom. The van der Waals surface area contributed by atoms with Crippen LogP contribution in [0.15, 0.2) is 84.9 Å². The Bertz CT molecular complexity index is 1320. The van der Waals surface area contributed by atoms with Gasteiger partial charge in [0.1, 0.15) is 18.3 Å². The van der Waals surface area contributed by atoms with E-state index in [0.717, 1.165) is 16.7 Å². The normalized spacial score (nSPS) is 14.8. The van der Waals surface area contributed by atoms with Gasteiger partial charge in [0, 0.05) is 5.56 Å². The highest BCUT2D eigenvalue weighted by Crippen LogP contribution is 2.35. The number of rotatable bonds is 7. The maximum absolute atomic E-state index is 13.8. The minimum atomic E-state index is -1.07. The highest BCUT2D eigenvalue weighted by molar-refractivity contribution is 6.09. The fourth-order valence-electron chi connectivity index (χ4n) is 4.16. The third-order valence-corrected chi connectivity index (χ3v) is 5.73. The maximum Gasteiger partial charge on any atom is 0.326 e. The molecule has 0 aliphatic carbocycles. The van der Waals surface area contributed by atoms with Gasteiger partial charge < -0.3 is 20.1 Å². The molecule has 190 valence electrons. The number of hydrogen-bond acceptors (Lipinski definition) is 5. The van der Waals surface area contributed by atoms with Crippen molar-refractivity contribution in [3.05, 3.63) is 96.1 Å². The highest BCUT2D eigenvalue weighted by Gasteiger charge is 2.33. The van der Waals surface area contributed by atoms with Crippen molar-refractivity contribution in [2.45, 2.75) is 26.0 Å². The molecule has 4 rings (SSSR count). The molecule has 0 fully saturated rings. The predicted octanol–water partition coefficient (Wildman–Crippen LogP) is 4.62. The Hall–Kier alpha value is -4.59. The van der Waals surface area contributed by atoms with E-state index in [1.54, 1.807) is 56.3 Å². The average molecular weight is 500 g/mol. The molecule has 8 nitrogen and oxygen atoms in total. The number of urea groups is 1. The third kappa shape index (κ3) is 5.98. The van der Waals surface area contributed by atoms with Crippen LogP contribution < -0.4 is 20.3 Å². The summed E-state index contributed by atoms with van der Waals surface area (Å²) in [6, 6.07) is 22.2. The number of carbonyl (C=O) groups excluding carboxylic acids is 3. The van der Waals surface area contributed by atoms with E-state index in [0.29, 0.717) is 17.1 Å². The lowest BCUT2D eigenvalue weighted by Crippen LogP contribution is -2.50. The first-order valence-electron chi connectivity index (χ1n) is 12.0.